The van der Waals surface area contributed by atoms with Crippen LogP contribution in [0.25, 0.3) is 0 Å². The van der Waals surface area contributed by atoms with E-state index < -0.39 is 11.7 Å². The summed E-state index contributed by atoms with van der Waals surface area (Å²) in [6.07, 6.45) is 1.21. The van der Waals surface area contributed by atoms with E-state index in [9.17, 15) is 9.59 Å². The van der Waals surface area contributed by atoms with E-state index in [4.69, 9.17) is 5.73 Å². The summed E-state index contributed by atoms with van der Waals surface area (Å²) in [4.78, 5) is 21.1. The van der Waals surface area contributed by atoms with Crippen molar-refractivity contribution in [3.63, 3.8) is 0 Å². The normalized spacial score (nSPS) is 9.33. The second-order valence-corrected chi connectivity index (χ2v) is 2.28. The Labute approximate surface area is 70.2 Å². The summed E-state index contributed by atoms with van der Waals surface area (Å²) in [5.74, 6) is -1.61. The first-order chi connectivity index (χ1) is 5.70. The average Bonchev–Trinajstić information content (AvgIpc) is 2.06. The van der Waals surface area contributed by atoms with Crippen LogP contribution in [0, 0.1) is 6.42 Å². The molecule has 0 saturated carbocycles. The molecule has 3 heteroatoms. The molecular formula is C9H8NO2. The lowest BCUT2D eigenvalue weighted by molar-refractivity contribution is -0.133. The van der Waals surface area contributed by atoms with Crippen molar-refractivity contribution in [1.29, 1.82) is 0 Å². The van der Waals surface area contributed by atoms with E-state index in [-0.39, 0.29) is 0 Å². The van der Waals surface area contributed by atoms with Crippen molar-refractivity contribution in [1.82, 2.24) is 0 Å². The second-order valence-electron chi connectivity index (χ2n) is 2.28. The monoisotopic (exact) mass is 162 g/mol. The number of benzene rings is 1. The molecule has 0 bridgehead atoms. The van der Waals surface area contributed by atoms with Crippen molar-refractivity contribution in [3.8, 4) is 0 Å². The number of amides is 1. The predicted octanol–water partition coefficient (Wildman–Crippen LogP) is 0.293. The summed E-state index contributed by atoms with van der Waals surface area (Å²) in [6, 6.07) is 8.83. The quantitative estimate of drug-likeness (QED) is 0.649. The number of carbonyl (C=O) groups excluding carboxylic acids is 2. The van der Waals surface area contributed by atoms with Crippen LogP contribution in [0.5, 0.6) is 0 Å². The molecular weight excluding hydrogens is 154 g/mol. The van der Waals surface area contributed by atoms with Gasteiger partial charge in [0.2, 0.25) is 5.78 Å². The van der Waals surface area contributed by atoms with Gasteiger partial charge in [0.05, 0.1) is 6.42 Å². The number of Topliss-reactive ketones (excluding diaryl/α,β-unsaturated/α-hetero) is 1. The molecule has 0 aliphatic heterocycles. The van der Waals surface area contributed by atoms with Crippen LogP contribution in [-0.4, -0.2) is 11.7 Å². The van der Waals surface area contributed by atoms with E-state index in [0.717, 1.165) is 0 Å². The maximum Gasteiger partial charge on any atom is 0.285 e. The lowest BCUT2D eigenvalue weighted by atomic mass is 10.1. The van der Waals surface area contributed by atoms with Gasteiger partial charge < -0.3 is 5.73 Å². The zero-order valence-corrected chi connectivity index (χ0v) is 6.36. The van der Waals surface area contributed by atoms with E-state index in [1.165, 1.54) is 6.42 Å². The Morgan fingerprint density at radius 2 is 1.75 bits per heavy atom. The molecule has 0 aromatic heterocycles. The first kappa shape index (κ1) is 8.46. The standard InChI is InChI=1S/C9H8NO2/c10-9(12)8(11)6-7-4-2-1-3-5-7/h1-6H,(H2,10,12). The van der Waals surface area contributed by atoms with Crippen molar-refractivity contribution in [2.45, 2.75) is 0 Å². The molecule has 0 aliphatic carbocycles. The summed E-state index contributed by atoms with van der Waals surface area (Å²) < 4.78 is 0. The minimum absolute atomic E-state index is 0.679. The fourth-order valence-electron chi connectivity index (χ4n) is 0.772. The Morgan fingerprint density at radius 3 is 2.25 bits per heavy atom. The van der Waals surface area contributed by atoms with Gasteiger partial charge in [0.25, 0.3) is 5.91 Å². The number of hydrogen-bond donors (Lipinski definition) is 1. The molecule has 0 saturated heterocycles. The van der Waals surface area contributed by atoms with E-state index in [2.05, 4.69) is 0 Å². The predicted molar refractivity (Wildman–Crippen MR) is 44.0 cm³/mol. The number of primary amides is 1. The van der Waals surface area contributed by atoms with Crippen molar-refractivity contribution in [3.05, 3.63) is 42.3 Å². The lowest BCUT2D eigenvalue weighted by Crippen LogP contribution is -2.23. The number of carbonyl (C=O) groups is 2. The van der Waals surface area contributed by atoms with E-state index in [1.807, 2.05) is 6.07 Å². The number of hydrogen-bond acceptors (Lipinski definition) is 2. The fourth-order valence-corrected chi connectivity index (χ4v) is 0.772. The third-order valence-electron chi connectivity index (χ3n) is 1.34. The molecule has 3 nitrogen and oxygen atoms in total. The third kappa shape index (κ3) is 2.20. The van der Waals surface area contributed by atoms with E-state index in [0.29, 0.717) is 5.56 Å². The molecule has 0 unspecified atom stereocenters. The zero-order valence-electron chi connectivity index (χ0n) is 6.36. The highest BCUT2D eigenvalue weighted by Crippen LogP contribution is 2.01. The molecule has 1 aromatic carbocycles. The van der Waals surface area contributed by atoms with Crippen LogP contribution in [0.4, 0.5) is 0 Å². The highest BCUT2D eigenvalue weighted by Gasteiger charge is 2.09. The molecule has 12 heavy (non-hydrogen) atoms. The maximum atomic E-state index is 10.8. The van der Waals surface area contributed by atoms with Crippen LogP contribution >= 0.6 is 0 Å². The van der Waals surface area contributed by atoms with Gasteiger partial charge in [-0.15, -0.1) is 0 Å². The maximum absolute atomic E-state index is 10.8. The van der Waals surface area contributed by atoms with Gasteiger partial charge >= 0.3 is 0 Å². The first-order valence-electron chi connectivity index (χ1n) is 3.43. The molecule has 0 aliphatic rings. The Bertz CT molecular complexity index is 293. The average molecular weight is 162 g/mol. The van der Waals surface area contributed by atoms with Gasteiger partial charge in [-0.2, -0.15) is 0 Å². The first-order valence-corrected chi connectivity index (χ1v) is 3.43. The van der Waals surface area contributed by atoms with E-state index in [1.54, 1.807) is 24.3 Å². The summed E-state index contributed by atoms with van der Waals surface area (Å²) in [7, 11) is 0. The minimum Gasteiger partial charge on any atom is -0.363 e. The van der Waals surface area contributed by atoms with Gasteiger partial charge in [-0.3, -0.25) is 9.59 Å². The van der Waals surface area contributed by atoms with Crippen LogP contribution in [0.3, 0.4) is 0 Å². The summed E-state index contributed by atoms with van der Waals surface area (Å²) in [6.45, 7) is 0. The Balaban J connectivity index is 2.65. The van der Waals surface area contributed by atoms with Gasteiger partial charge in [0.15, 0.2) is 0 Å². The van der Waals surface area contributed by atoms with Crippen LogP contribution < -0.4 is 5.73 Å². The van der Waals surface area contributed by atoms with Crippen molar-refractivity contribution in [2.24, 2.45) is 5.73 Å². The van der Waals surface area contributed by atoms with Gasteiger partial charge in [-0.25, -0.2) is 0 Å². The largest absolute Gasteiger partial charge is 0.363 e. The topological polar surface area (TPSA) is 60.2 Å². The van der Waals surface area contributed by atoms with Crippen LogP contribution in [-0.2, 0) is 9.59 Å². The van der Waals surface area contributed by atoms with Crippen molar-refractivity contribution in [2.75, 3.05) is 0 Å². The SMILES string of the molecule is NC(=O)C(=O)[CH]c1ccccc1. The molecule has 1 rings (SSSR count). The van der Waals surface area contributed by atoms with Crippen LogP contribution in [0.2, 0.25) is 0 Å². The van der Waals surface area contributed by atoms with Crippen molar-refractivity contribution >= 4 is 11.7 Å². The fraction of sp³-hybridized carbons (Fsp3) is 0. The van der Waals surface area contributed by atoms with Crippen LogP contribution in [0.1, 0.15) is 5.56 Å². The molecule has 0 atom stereocenters. The smallest absolute Gasteiger partial charge is 0.285 e. The van der Waals surface area contributed by atoms with Gasteiger partial charge in [-0.1, -0.05) is 30.3 Å². The molecule has 1 aromatic rings. The highest BCUT2D eigenvalue weighted by atomic mass is 16.2. The molecule has 61 valence electrons. The third-order valence-corrected chi connectivity index (χ3v) is 1.34. The summed E-state index contributed by atoms with van der Waals surface area (Å²) >= 11 is 0. The molecule has 1 radical (unpaired) electrons. The number of nitrogens with two attached hydrogens (primary N) is 1. The summed E-state index contributed by atoms with van der Waals surface area (Å²) in [5, 5.41) is 0. The van der Waals surface area contributed by atoms with E-state index >= 15 is 0 Å². The molecule has 0 heterocycles. The zero-order chi connectivity index (χ0) is 8.97. The van der Waals surface area contributed by atoms with Crippen molar-refractivity contribution < 1.29 is 9.59 Å². The van der Waals surface area contributed by atoms with Gasteiger partial charge in [0.1, 0.15) is 0 Å². The Morgan fingerprint density at radius 1 is 1.17 bits per heavy atom. The number of rotatable bonds is 3. The summed E-state index contributed by atoms with van der Waals surface area (Å²) in [5.41, 5.74) is 5.45. The molecule has 1 amide bonds. The Hall–Kier alpha value is -1.64. The highest BCUT2D eigenvalue weighted by molar-refractivity contribution is 6.39. The van der Waals surface area contributed by atoms with Gasteiger partial charge in [0, 0.05) is 0 Å². The number of ketones is 1. The second kappa shape index (κ2) is 3.67. The Kier molecular flexibility index (Phi) is 2.58. The van der Waals surface area contributed by atoms with Gasteiger partial charge in [-0.05, 0) is 5.56 Å². The lowest BCUT2D eigenvalue weighted by Gasteiger charge is -1.95. The minimum atomic E-state index is -0.932. The molecule has 0 fully saturated rings. The molecule has 2 N–H and O–H groups in total. The molecule has 0 spiro atoms. The van der Waals surface area contributed by atoms with Crippen LogP contribution in [0.15, 0.2) is 30.3 Å².